The van der Waals surface area contributed by atoms with E-state index in [0.29, 0.717) is 11.6 Å². The maximum Gasteiger partial charge on any atom is 0.0875 e. The fraction of sp³-hybridized carbons (Fsp3) is 0.600. The second kappa shape index (κ2) is 4.65. The van der Waals surface area contributed by atoms with Gasteiger partial charge in [0.05, 0.1) is 16.7 Å². The van der Waals surface area contributed by atoms with Gasteiger partial charge in [-0.1, -0.05) is 17.7 Å². The minimum atomic E-state index is -0.340. The van der Waals surface area contributed by atoms with Gasteiger partial charge in [-0.25, -0.2) is 0 Å². The summed E-state index contributed by atoms with van der Waals surface area (Å²) in [5.74, 6) is 0. The second-order valence-electron chi connectivity index (χ2n) is 6.47. The van der Waals surface area contributed by atoms with E-state index in [-0.39, 0.29) is 16.7 Å². The van der Waals surface area contributed by atoms with Crippen molar-refractivity contribution >= 4 is 17.3 Å². The fourth-order valence-corrected chi connectivity index (χ4v) is 3.36. The van der Waals surface area contributed by atoms with Crippen LogP contribution in [0.1, 0.15) is 34.1 Å². The maximum absolute atomic E-state index is 6.17. The van der Waals surface area contributed by atoms with Crippen LogP contribution in [0.15, 0.2) is 24.3 Å². The summed E-state index contributed by atoms with van der Waals surface area (Å²) in [6.07, 6.45) is 0.857. The molecule has 1 unspecified atom stereocenters. The Hall–Kier alpha value is -0.770. The molecule has 0 radical (unpaired) electrons. The number of ether oxygens (including phenoxy) is 1. The Morgan fingerprint density at radius 1 is 1.32 bits per heavy atom. The summed E-state index contributed by atoms with van der Waals surface area (Å²) < 4.78 is 6.17. The molecule has 0 spiro atoms. The monoisotopic (exact) mass is 282 g/mol. The van der Waals surface area contributed by atoms with Crippen molar-refractivity contribution in [2.75, 3.05) is 11.9 Å². The largest absolute Gasteiger partial charge is 0.375 e. The minimum Gasteiger partial charge on any atom is -0.375 e. The van der Waals surface area contributed by atoms with Crippen LogP contribution in [-0.2, 0) is 4.74 Å². The molecule has 19 heavy (non-hydrogen) atoms. The molecule has 4 heteroatoms. The van der Waals surface area contributed by atoms with Crippen LogP contribution in [0.25, 0.3) is 0 Å². The first-order valence-corrected chi connectivity index (χ1v) is 7.02. The topological polar surface area (TPSA) is 47.3 Å². The summed E-state index contributed by atoms with van der Waals surface area (Å²) >= 11 is 6.04. The molecule has 0 saturated carbocycles. The summed E-state index contributed by atoms with van der Waals surface area (Å²) in [4.78, 5) is 0. The zero-order valence-electron chi connectivity index (χ0n) is 12.1. The van der Waals surface area contributed by atoms with Gasteiger partial charge in [0.15, 0.2) is 0 Å². The Morgan fingerprint density at radius 2 is 2.00 bits per heavy atom. The van der Waals surface area contributed by atoms with Crippen molar-refractivity contribution in [3.8, 4) is 0 Å². The van der Waals surface area contributed by atoms with E-state index in [1.165, 1.54) is 0 Å². The first kappa shape index (κ1) is 14.6. The lowest BCUT2D eigenvalue weighted by atomic mass is 9.78. The fourth-order valence-electron chi connectivity index (χ4n) is 3.17. The quantitative estimate of drug-likeness (QED) is 0.893. The van der Waals surface area contributed by atoms with Crippen molar-refractivity contribution in [2.24, 2.45) is 5.73 Å². The zero-order chi connectivity index (χ0) is 14.3. The average Bonchev–Trinajstić information content (AvgIpc) is 2.43. The third-order valence-electron chi connectivity index (χ3n) is 3.97. The first-order valence-electron chi connectivity index (χ1n) is 6.64. The summed E-state index contributed by atoms with van der Waals surface area (Å²) in [5, 5.41) is 4.27. The molecule has 1 atom stereocenters. The van der Waals surface area contributed by atoms with Gasteiger partial charge >= 0.3 is 0 Å². The number of anilines is 1. The van der Waals surface area contributed by atoms with E-state index < -0.39 is 0 Å². The summed E-state index contributed by atoms with van der Waals surface area (Å²) in [7, 11) is 0. The van der Waals surface area contributed by atoms with Crippen LogP contribution in [0.4, 0.5) is 5.69 Å². The molecule has 1 aliphatic heterocycles. The molecule has 0 aromatic heterocycles. The van der Waals surface area contributed by atoms with E-state index in [9.17, 15) is 0 Å². The first-order chi connectivity index (χ1) is 8.70. The van der Waals surface area contributed by atoms with Crippen LogP contribution in [0, 0.1) is 0 Å². The van der Waals surface area contributed by atoms with Crippen molar-refractivity contribution in [3.63, 3.8) is 0 Å². The number of nitrogens with two attached hydrogens (primary N) is 1. The highest BCUT2D eigenvalue weighted by molar-refractivity contribution is 6.30. The van der Waals surface area contributed by atoms with Gasteiger partial charge < -0.3 is 15.8 Å². The highest BCUT2D eigenvalue weighted by Gasteiger charge is 2.56. The number of benzene rings is 1. The van der Waals surface area contributed by atoms with Gasteiger partial charge in [0.2, 0.25) is 0 Å². The summed E-state index contributed by atoms with van der Waals surface area (Å²) in [6, 6.07) is 7.72. The number of rotatable bonds is 3. The van der Waals surface area contributed by atoms with E-state index >= 15 is 0 Å². The maximum atomic E-state index is 6.17. The Kier molecular flexibility index (Phi) is 3.58. The molecule has 2 rings (SSSR count). The van der Waals surface area contributed by atoms with Gasteiger partial charge in [-0.2, -0.15) is 0 Å². The summed E-state index contributed by atoms with van der Waals surface area (Å²) in [5.41, 5.74) is 6.24. The molecule has 3 N–H and O–H groups in total. The third kappa shape index (κ3) is 2.73. The number of halogens is 1. The van der Waals surface area contributed by atoms with Crippen LogP contribution in [0.5, 0.6) is 0 Å². The SMILES string of the molecule is CC1(C)CC(CN)(Nc2cccc(Cl)c2)C(C)(C)O1. The highest BCUT2D eigenvalue weighted by atomic mass is 35.5. The van der Waals surface area contributed by atoms with Crippen LogP contribution in [0.2, 0.25) is 5.02 Å². The lowest BCUT2D eigenvalue weighted by Gasteiger charge is -2.40. The predicted molar refractivity (Wildman–Crippen MR) is 80.7 cm³/mol. The molecule has 0 bridgehead atoms. The average molecular weight is 283 g/mol. The van der Waals surface area contributed by atoms with Crippen LogP contribution >= 0.6 is 11.6 Å². The summed E-state index contributed by atoms with van der Waals surface area (Å²) in [6.45, 7) is 8.89. The number of hydrogen-bond donors (Lipinski definition) is 2. The van der Waals surface area contributed by atoms with E-state index in [0.717, 1.165) is 12.1 Å². The minimum absolute atomic E-state index is 0.186. The van der Waals surface area contributed by atoms with Crippen molar-refractivity contribution in [1.29, 1.82) is 0 Å². The molecule has 1 aliphatic rings. The molecule has 1 fully saturated rings. The Bertz CT molecular complexity index is 473. The van der Waals surface area contributed by atoms with E-state index in [1.54, 1.807) is 0 Å². The van der Waals surface area contributed by atoms with Gasteiger partial charge in [-0.3, -0.25) is 0 Å². The molecule has 1 aromatic rings. The van der Waals surface area contributed by atoms with Crippen LogP contribution < -0.4 is 11.1 Å². The lowest BCUT2D eigenvalue weighted by molar-refractivity contribution is -0.0753. The molecule has 3 nitrogen and oxygen atoms in total. The Morgan fingerprint density at radius 3 is 2.47 bits per heavy atom. The lowest BCUT2D eigenvalue weighted by Crippen LogP contribution is -2.57. The van der Waals surface area contributed by atoms with Crippen molar-refractivity contribution in [2.45, 2.75) is 50.9 Å². The number of hydrogen-bond acceptors (Lipinski definition) is 3. The van der Waals surface area contributed by atoms with E-state index in [2.05, 4.69) is 33.0 Å². The van der Waals surface area contributed by atoms with Crippen LogP contribution in [-0.4, -0.2) is 23.3 Å². The van der Waals surface area contributed by atoms with E-state index in [1.807, 2.05) is 24.3 Å². The predicted octanol–water partition coefficient (Wildman–Crippen LogP) is 3.43. The van der Waals surface area contributed by atoms with Gasteiger partial charge in [0.25, 0.3) is 0 Å². The molecule has 1 aromatic carbocycles. The van der Waals surface area contributed by atoms with Crippen molar-refractivity contribution in [3.05, 3.63) is 29.3 Å². The van der Waals surface area contributed by atoms with E-state index in [4.69, 9.17) is 22.1 Å². The van der Waals surface area contributed by atoms with Crippen molar-refractivity contribution in [1.82, 2.24) is 0 Å². The molecule has 1 saturated heterocycles. The Balaban J connectivity index is 2.33. The standard InChI is InChI=1S/C15H23ClN2O/c1-13(2)9-15(10-17,14(3,4)19-13)18-12-7-5-6-11(16)8-12/h5-8,18H,9-10,17H2,1-4H3. The van der Waals surface area contributed by atoms with Gasteiger partial charge in [-0.05, 0) is 45.9 Å². The zero-order valence-corrected chi connectivity index (χ0v) is 12.8. The second-order valence-corrected chi connectivity index (χ2v) is 6.91. The van der Waals surface area contributed by atoms with Crippen LogP contribution in [0.3, 0.4) is 0 Å². The van der Waals surface area contributed by atoms with Gasteiger partial charge in [0.1, 0.15) is 0 Å². The van der Waals surface area contributed by atoms with Crippen molar-refractivity contribution < 1.29 is 4.74 Å². The smallest absolute Gasteiger partial charge is 0.0875 e. The molecule has 1 heterocycles. The third-order valence-corrected chi connectivity index (χ3v) is 4.20. The highest BCUT2D eigenvalue weighted by Crippen LogP contribution is 2.46. The molecular weight excluding hydrogens is 260 g/mol. The molecule has 0 amide bonds. The molecule has 106 valence electrons. The number of nitrogens with one attached hydrogen (secondary N) is 1. The van der Waals surface area contributed by atoms with Gasteiger partial charge in [-0.15, -0.1) is 0 Å². The molecular formula is C15H23ClN2O. The Labute approximate surface area is 120 Å². The van der Waals surface area contributed by atoms with Gasteiger partial charge in [0, 0.05) is 23.7 Å². The normalized spacial score (nSPS) is 28.3. The molecule has 0 aliphatic carbocycles.